The highest BCUT2D eigenvalue weighted by Gasteiger charge is 2.35. The maximum atomic E-state index is 6.15. The fraction of sp³-hybridized carbons (Fsp3) is 1.00. The van der Waals surface area contributed by atoms with Crippen LogP contribution in [0.15, 0.2) is 0 Å². The number of rotatable bonds is 3. The van der Waals surface area contributed by atoms with Gasteiger partial charge < -0.3 is 15.5 Å². The number of nitrogens with two attached hydrogens (primary N) is 1. The van der Waals surface area contributed by atoms with Crippen LogP contribution in [0.1, 0.15) is 39.0 Å². The molecule has 0 aromatic rings. The third-order valence-electron chi connectivity index (χ3n) is 4.99. The van der Waals surface area contributed by atoms with Crippen molar-refractivity contribution in [1.82, 2.24) is 9.80 Å². The monoisotopic (exact) mass is 253 g/mol. The summed E-state index contributed by atoms with van der Waals surface area (Å²) in [5.74, 6) is 0.872. The van der Waals surface area contributed by atoms with Crippen molar-refractivity contribution in [2.75, 3.05) is 46.3 Å². The average Bonchev–Trinajstić information content (AvgIpc) is 2.54. The van der Waals surface area contributed by atoms with Crippen LogP contribution in [0.4, 0.5) is 0 Å². The smallest absolute Gasteiger partial charge is 0.0109 e. The summed E-state index contributed by atoms with van der Waals surface area (Å²) in [6.45, 7) is 9.48. The van der Waals surface area contributed by atoms with Gasteiger partial charge in [0.25, 0.3) is 0 Å². The fourth-order valence-electron chi connectivity index (χ4n) is 3.89. The molecule has 0 radical (unpaired) electrons. The van der Waals surface area contributed by atoms with Crippen molar-refractivity contribution in [2.45, 2.75) is 39.0 Å². The average molecular weight is 253 g/mol. The van der Waals surface area contributed by atoms with E-state index in [1.54, 1.807) is 0 Å². The van der Waals surface area contributed by atoms with Gasteiger partial charge in [-0.25, -0.2) is 0 Å². The van der Waals surface area contributed by atoms with Crippen molar-refractivity contribution in [3.8, 4) is 0 Å². The zero-order chi connectivity index (χ0) is 13.0. The van der Waals surface area contributed by atoms with E-state index >= 15 is 0 Å². The molecular weight excluding hydrogens is 222 g/mol. The molecule has 2 fully saturated rings. The van der Waals surface area contributed by atoms with E-state index in [2.05, 4.69) is 23.8 Å². The van der Waals surface area contributed by atoms with Gasteiger partial charge in [0.05, 0.1) is 0 Å². The van der Waals surface area contributed by atoms with Crippen molar-refractivity contribution in [2.24, 2.45) is 17.1 Å². The molecule has 1 aliphatic carbocycles. The van der Waals surface area contributed by atoms with E-state index < -0.39 is 0 Å². The highest BCUT2D eigenvalue weighted by Crippen LogP contribution is 2.39. The Hall–Kier alpha value is -0.120. The SMILES string of the molecule is CC1CCCC(CN)(CN2CCCN(C)CC2)C1. The molecule has 2 rings (SSSR count). The highest BCUT2D eigenvalue weighted by atomic mass is 15.2. The summed E-state index contributed by atoms with van der Waals surface area (Å²) in [6.07, 6.45) is 6.79. The van der Waals surface area contributed by atoms with Gasteiger partial charge in [0.2, 0.25) is 0 Å². The van der Waals surface area contributed by atoms with Gasteiger partial charge in [0.1, 0.15) is 0 Å². The molecule has 106 valence electrons. The van der Waals surface area contributed by atoms with E-state index in [1.165, 1.54) is 64.8 Å². The summed E-state index contributed by atoms with van der Waals surface area (Å²) < 4.78 is 0. The lowest BCUT2D eigenvalue weighted by Gasteiger charge is -2.42. The fourth-order valence-corrected chi connectivity index (χ4v) is 3.89. The van der Waals surface area contributed by atoms with Gasteiger partial charge in [-0.2, -0.15) is 0 Å². The van der Waals surface area contributed by atoms with Gasteiger partial charge in [0, 0.05) is 19.6 Å². The predicted molar refractivity (Wildman–Crippen MR) is 77.7 cm³/mol. The lowest BCUT2D eigenvalue weighted by Crippen LogP contribution is -2.46. The molecule has 2 unspecified atom stereocenters. The van der Waals surface area contributed by atoms with Gasteiger partial charge >= 0.3 is 0 Å². The van der Waals surface area contributed by atoms with Crippen LogP contribution < -0.4 is 5.73 Å². The predicted octanol–water partition coefficient (Wildman–Crippen LogP) is 1.78. The van der Waals surface area contributed by atoms with E-state index in [0.29, 0.717) is 5.41 Å². The topological polar surface area (TPSA) is 32.5 Å². The maximum absolute atomic E-state index is 6.15. The van der Waals surface area contributed by atoms with E-state index in [1.807, 2.05) is 0 Å². The Morgan fingerprint density at radius 1 is 1.17 bits per heavy atom. The van der Waals surface area contributed by atoms with Crippen LogP contribution in [-0.4, -0.2) is 56.1 Å². The van der Waals surface area contributed by atoms with Gasteiger partial charge in [-0.1, -0.05) is 19.8 Å². The molecule has 2 N–H and O–H groups in total. The minimum absolute atomic E-state index is 0.417. The van der Waals surface area contributed by atoms with E-state index in [4.69, 9.17) is 5.73 Å². The van der Waals surface area contributed by atoms with Crippen molar-refractivity contribution >= 4 is 0 Å². The van der Waals surface area contributed by atoms with Crippen LogP contribution in [0.25, 0.3) is 0 Å². The number of hydrogen-bond acceptors (Lipinski definition) is 3. The third kappa shape index (κ3) is 3.69. The van der Waals surface area contributed by atoms with E-state index in [0.717, 1.165) is 12.5 Å². The van der Waals surface area contributed by atoms with E-state index in [-0.39, 0.29) is 0 Å². The number of hydrogen-bond donors (Lipinski definition) is 1. The molecule has 0 aromatic heterocycles. The van der Waals surface area contributed by atoms with Crippen LogP contribution >= 0.6 is 0 Å². The molecule has 0 spiro atoms. The van der Waals surface area contributed by atoms with Crippen LogP contribution in [0.5, 0.6) is 0 Å². The van der Waals surface area contributed by atoms with Crippen molar-refractivity contribution in [3.63, 3.8) is 0 Å². The molecule has 1 saturated carbocycles. The number of likely N-dealkylation sites (N-methyl/N-ethyl adjacent to an activating group) is 1. The minimum atomic E-state index is 0.417. The second-order valence-electron chi connectivity index (χ2n) is 6.84. The lowest BCUT2D eigenvalue weighted by molar-refractivity contribution is 0.0904. The van der Waals surface area contributed by atoms with E-state index in [9.17, 15) is 0 Å². The second kappa shape index (κ2) is 6.36. The maximum Gasteiger partial charge on any atom is 0.0109 e. The Morgan fingerprint density at radius 2 is 2.00 bits per heavy atom. The quantitative estimate of drug-likeness (QED) is 0.832. The van der Waals surface area contributed by atoms with Gasteiger partial charge in [-0.3, -0.25) is 0 Å². The Bertz CT molecular complexity index is 256. The first-order valence-electron chi connectivity index (χ1n) is 7.74. The molecule has 2 aliphatic rings. The molecule has 3 nitrogen and oxygen atoms in total. The standard InChI is InChI=1S/C15H31N3/c1-14-5-3-6-15(11-14,12-16)13-18-8-4-7-17(2)9-10-18/h14H,3-13,16H2,1-2H3. The molecule has 1 heterocycles. The molecule has 1 saturated heterocycles. The van der Waals surface area contributed by atoms with Crippen LogP contribution in [0.3, 0.4) is 0 Å². The third-order valence-corrected chi connectivity index (χ3v) is 4.99. The summed E-state index contributed by atoms with van der Waals surface area (Å²) >= 11 is 0. The Labute approximate surface area is 113 Å². The summed E-state index contributed by atoms with van der Waals surface area (Å²) in [7, 11) is 2.24. The van der Waals surface area contributed by atoms with Crippen LogP contribution in [0.2, 0.25) is 0 Å². The largest absolute Gasteiger partial charge is 0.330 e. The molecule has 2 atom stereocenters. The highest BCUT2D eigenvalue weighted by molar-refractivity contribution is 4.89. The summed E-state index contributed by atoms with van der Waals surface area (Å²) in [5, 5.41) is 0. The zero-order valence-corrected chi connectivity index (χ0v) is 12.3. The Morgan fingerprint density at radius 3 is 2.72 bits per heavy atom. The first-order valence-corrected chi connectivity index (χ1v) is 7.74. The summed E-state index contributed by atoms with van der Waals surface area (Å²) in [5.41, 5.74) is 6.56. The second-order valence-corrected chi connectivity index (χ2v) is 6.84. The first-order chi connectivity index (χ1) is 8.63. The van der Waals surface area contributed by atoms with Gasteiger partial charge in [-0.05, 0) is 57.3 Å². The molecule has 0 amide bonds. The van der Waals surface area contributed by atoms with Gasteiger partial charge in [0.15, 0.2) is 0 Å². The molecule has 18 heavy (non-hydrogen) atoms. The zero-order valence-electron chi connectivity index (χ0n) is 12.3. The van der Waals surface area contributed by atoms with Crippen molar-refractivity contribution < 1.29 is 0 Å². The molecule has 0 aromatic carbocycles. The molecule has 3 heteroatoms. The summed E-state index contributed by atoms with van der Waals surface area (Å²) in [4.78, 5) is 5.13. The minimum Gasteiger partial charge on any atom is -0.330 e. The van der Waals surface area contributed by atoms with Crippen LogP contribution in [0, 0.1) is 11.3 Å². The Kier molecular flexibility index (Phi) is 5.05. The number of nitrogens with zero attached hydrogens (tertiary/aromatic N) is 2. The Balaban J connectivity index is 1.92. The molecular formula is C15H31N3. The molecule has 0 bridgehead atoms. The van der Waals surface area contributed by atoms with Gasteiger partial charge in [-0.15, -0.1) is 0 Å². The summed E-state index contributed by atoms with van der Waals surface area (Å²) in [6, 6.07) is 0. The lowest BCUT2D eigenvalue weighted by atomic mass is 9.69. The molecule has 1 aliphatic heterocycles. The van der Waals surface area contributed by atoms with Crippen molar-refractivity contribution in [1.29, 1.82) is 0 Å². The van der Waals surface area contributed by atoms with Crippen LogP contribution in [-0.2, 0) is 0 Å². The normalized spacial score (nSPS) is 36.5. The first kappa shape index (κ1) is 14.3. The van der Waals surface area contributed by atoms with Crippen molar-refractivity contribution in [3.05, 3.63) is 0 Å².